The van der Waals surface area contributed by atoms with Gasteiger partial charge in [-0.1, -0.05) is 110 Å². The molecular weight excluding hydrogens is 476 g/mol. The molecule has 5 nitrogen and oxygen atoms in total. The molecule has 3 aromatic rings. The zero-order chi connectivity index (χ0) is 26.0. The Bertz CT molecular complexity index is 1050. The fourth-order valence-corrected chi connectivity index (χ4v) is 5.37. The summed E-state index contributed by atoms with van der Waals surface area (Å²) >= 11 is 0. The summed E-state index contributed by atoms with van der Waals surface area (Å²) in [6.07, 6.45) is 4.11. The smallest absolute Gasteiger partial charge is 0.187 e. The van der Waals surface area contributed by atoms with E-state index >= 15 is 0 Å². The Balaban J connectivity index is 1.38. The van der Waals surface area contributed by atoms with E-state index in [0.29, 0.717) is 19.8 Å². The van der Waals surface area contributed by atoms with E-state index in [1.165, 1.54) is 19.3 Å². The van der Waals surface area contributed by atoms with Gasteiger partial charge in [-0.2, -0.15) is 0 Å². The first kappa shape index (κ1) is 27.0. The summed E-state index contributed by atoms with van der Waals surface area (Å²) in [5.41, 5.74) is 3.33. The van der Waals surface area contributed by atoms with Crippen LogP contribution in [-0.2, 0) is 43.5 Å². The van der Waals surface area contributed by atoms with E-state index in [2.05, 4.69) is 43.3 Å². The Labute approximate surface area is 227 Å². The van der Waals surface area contributed by atoms with Crippen molar-refractivity contribution in [3.05, 3.63) is 108 Å². The van der Waals surface area contributed by atoms with Crippen LogP contribution in [0.3, 0.4) is 0 Å². The number of ether oxygens (including phenoxy) is 5. The van der Waals surface area contributed by atoms with Crippen LogP contribution in [0.5, 0.6) is 0 Å². The Morgan fingerprint density at radius 2 is 1.03 bits per heavy atom. The molecule has 2 aliphatic rings. The van der Waals surface area contributed by atoms with Gasteiger partial charge in [-0.15, -0.1) is 0 Å². The summed E-state index contributed by atoms with van der Waals surface area (Å²) in [4.78, 5) is 0. The molecule has 0 bridgehead atoms. The van der Waals surface area contributed by atoms with Crippen molar-refractivity contribution in [1.82, 2.24) is 0 Å². The summed E-state index contributed by atoms with van der Waals surface area (Å²) in [5.74, 6) is 0. The fraction of sp³-hybridized carbons (Fsp3) is 0.455. The molecule has 0 radical (unpaired) electrons. The van der Waals surface area contributed by atoms with Crippen LogP contribution in [-0.4, -0.2) is 36.8 Å². The predicted molar refractivity (Wildman–Crippen MR) is 147 cm³/mol. The van der Waals surface area contributed by atoms with Crippen molar-refractivity contribution in [2.24, 2.45) is 0 Å². The average molecular weight is 517 g/mol. The van der Waals surface area contributed by atoms with Crippen LogP contribution in [0.25, 0.3) is 0 Å². The highest BCUT2D eigenvalue weighted by Gasteiger charge is 2.48. The molecule has 1 saturated carbocycles. The van der Waals surface area contributed by atoms with E-state index in [4.69, 9.17) is 23.7 Å². The van der Waals surface area contributed by atoms with Crippen LogP contribution >= 0.6 is 0 Å². The molecule has 0 N–H and O–H groups in total. The largest absolute Gasteiger partial charge is 0.368 e. The Hall–Kier alpha value is -2.54. The molecular formula is C33H40O5. The van der Waals surface area contributed by atoms with E-state index in [-0.39, 0.29) is 24.4 Å². The summed E-state index contributed by atoms with van der Waals surface area (Å²) < 4.78 is 32.9. The summed E-state index contributed by atoms with van der Waals surface area (Å²) in [6.45, 7) is 3.44. The van der Waals surface area contributed by atoms with Gasteiger partial charge < -0.3 is 23.7 Å². The van der Waals surface area contributed by atoms with Gasteiger partial charge in [0, 0.05) is 0 Å². The minimum absolute atomic E-state index is 0.181. The summed E-state index contributed by atoms with van der Waals surface area (Å²) in [7, 11) is 0. The van der Waals surface area contributed by atoms with Crippen molar-refractivity contribution in [1.29, 1.82) is 0 Å². The highest BCUT2D eigenvalue weighted by Crippen LogP contribution is 2.33. The van der Waals surface area contributed by atoms with Crippen molar-refractivity contribution >= 4 is 0 Å². The molecule has 0 aromatic heterocycles. The molecule has 0 spiro atoms. The maximum absolute atomic E-state index is 6.65. The van der Waals surface area contributed by atoms with Gasteiger partial charge in [-0.25, -0.2) is 0 Å². The van der Waals surface area contributed by atoms with Gasteiger partial charge >= 0.3 is 0 Å². The molecule has 0 amide bonds. The van der Waals surface area contributed by atoms with Crippen LogP contribution < -0.4 is 0 Å². The highest BCUT2D eigenvalue weighted by molar-refractivity contribution is 5.15. The van der Waals surface area contributed by atoms with E-state index in [1.807, 2.05) is 54.6 Å². The minimum atomic E-state index is -0.519. The zero-order valence-corrected chi connectivity index (χ0v) is 22.3. The molecule has 5 rings (SSSR count). The quantitative estimate of drug-likeness (QED) is 0.279. The van der Waals surface area contributed by atoms with Crippen LogP contribution in [0.15, 0.2) is 91.0 Å². The van der Waals surface area contributed by atoms with Gasteiger partial charge in [0.15, 0.2) is 6.29 Å². The second kappa shape index (κ2) is 14.0. The van der Waals surface area contributed by atoms with Crippen molar-refractivity contribution in [3.63, 3.8) is 0 Å². The summed E-state index contributed by atoms with van der Waals surface area (Å²) in [6, 6.07) is 30.7. The van der Waals surface area contributed by atoms with Gasteiger partial charge in [0.1, 0.15) is 18.3 Å². The number of hydrogen-bond donors (Lipinski definition) is 0. The van der Waals surface area contributed by atoms with Gasteiger partial charge in [0.25, 0.3) is 0 Å². The zero-order valence-electron chi connectivity index (χ0n) is 22.3. The van der Waals surface area contributed by atoms with Crippen LogP contribution in [0.4, 0.5) is 0 Å². The second-order valence-electron chi connectivity index (χ2n) is 10.4. The normalized spacial score (nSPS) is 26.3. The predicted octanol–water partition coefficient (Wildman–Crippen LogP) is 6.84. The molecule has 1 aliphatic carbocycles. The van der Waals surface area contributed by atoms with Crippen LogP contribution in [0, 0.1) is 0 Å². The number of rotatable bonds is 11. The first-order valence-electron chi connectivity index (χ1n) is 14.0. The monoisotopic (exact) mass is 516 g/mol. The fourth-order valence-electron chi connectivity index (χ4n) is 5.37. The lowest BCUT2D eigenvalue weighted by molar-refractivity contribution is -0.329. The number of hydrogen-bond acceptors (Lipinski definition) is 5. The SMILES string of the molecule is C[C@@H]1OC(OC2CCCCC2)[C@H](OCc2ccccc2)[C@H](OCc2ccccc2)[C@H]1OCc1ccccc1. The van der Waals surface area contributed by atoms with Gasteiger partial charge in [-0.3, -0.25) is 0 Å². The van der Waals surface area contributed by atoms with Crippen molar-refractivity contribution in [3.8, 4) is 0 Å². The molecule has 202 valence electrons. The van der Waals surface area contributed by atoms with Crippen molar-refractivity contribution in [2.45, 2.75) is 95.7 Å². The van der Waals surface area contributed by atoms with Crippen LogP contribution in [0.2, 0.25) is 0 Å². The lowest BCUT2D eigenvalue weighted by Crippen LogP contribution is -2.60. The molecule has 1 unspecified atom stereocenters. The van der Waals surface area contributed by atoms with Crippen LogP contribution in [0.1, 0.15) is 55.7 Å². The maximum Gasteiger partial charge on any atom is 0.187 e. The minimum Gasteiger partial charge on any atom is -0.368 e. The maximum atomic E-state index is 6.65. The Morgan fingerprint density at radius 1 is 0.579 bits per heavy atom. The molecule has 5 atom stereocenters. The van der Waals surface area contributed by atoms with E-state index in [0.717, 1.165) is 29.5 Å². The Kier molecular flexibility index (Phi) is 9.98. The summed E-state index contributed by atoms with van der Waals surface area (Å²) in [5, 5.41) is 0. The molecule has 1 aliphatic heterocycles. The topological polar surface area (TPSA) is 46.2 Å². The molecule has 5 heteroatoms. The lowest BCUT2D eigenvalue weighted by atomic mass is 9.96. The molecule has 2 fully saturated rings. The first-order chi connectivity index (χ1) is 18.8. The number of benzene rings is 3. The lowest BCUT2D eigenvalue weighted by Gasteiger charge is -2.46. The van der Waals surface area contributed by atoms with E-state index in [1.54, 1.807) is 0 Å². The second-order valence-corrected chi connectivity index (χ2v) is 10.4. The average Bonchev–Trinajstić information content (AvgIpc) is 2.97. The standard InChI is InChI=1S/C33H40O5/c1-25-30(34-22-26-14-6-2-7-15-26)31(35-23-27-16-8-3-9-17-27)32(36-24-28-18-10-4-11-19-28)33(37-25)38-29-20-12-5-13-21-29/h2-4,6-11,14-19,25,29-33H,5,12-13,20-24H2,1H3/t25-,30-,31+,32+,33?/m0/s1. The third-order valence-electron chi connectivity index (χ3n) is 7.46. The Morgan fingerprint density at radius 3 is 1.53 bits per heavy atom. The van der Waals surface area contributed by atoms with Gasteiger partial charge in [0.05, 0.1) is 32.0 Å². The third-order valence-corrected chi connectivity index (χ3v) is 7.46. The van der Waals surface area contributed by atoms with E-state index in [9.17, 15) is 0 Å². The van der Waals surface area contributed by atoms with E-state index < -0.39 is 12.4 Å². The van der Waals surface area contributed by atoms with Crippen molar-refractivity contribution in [2.75, 3.05) is 0 Å². The first-order valence-corrected chi connectivity index (χ1v) is 14.0. The molecule has 1 heterocycles. The van der Waals surface area contributed by atoms with Gasteiger partial charge in [0.2, 0.25) is 0 Å². The third kappa shape index (κ3) is 7.52. The van der Waals surface area contributed by atoms with Crippen molar-refractivity contribution < 1.29 is 23.7 Å². The molecule has 3 aromatic carbocycles. The van der Waals surface area contributed by atoms with Gasteiger partial charge in [-0.05, 0) is 36.5 Å². The molecule has 1 saturated heterocycles. The highest BCUT2D eigenvalue weighted by atomic mass is 16.7. The molecule has 38 heavy (non-hydrogen) atoms.